The van der Waals surface area contributed by atoms with Gasteiger partial charge in [0, 0.05) is 40.7 Å². The van der Waals surface area contributed by atoms with Crippen molar-refractivity contribution in [1.82, 2.24) is 29.1 Å². The Morgan fingerprint density at radius 1 is 0.645 bits per heavy atom. The maximum atomic E-state index is 13.6. The first-order chi connectivity index (χ1) is 36.8. The van der Waals surface area contributed by atoms with Gasteiger partial charge in [-0.1, -0.05) is 78.2 Å². The van der Waals surface area contributed by atoms with E-state index >= 15 is 0 Å². The first-order valence-electron chi connectivity index (χ1n) is 25.4. The molecule has 6 N–H and O–H groups in total. The van der Waals surface area contributed by atoms with Gasteiger partial charge in [-0.05, 0) is 73.2 Å². The second-order valence-electron chi connectivity index (χ2n) is 18.3. The van der Waals surface area contributed by atoms with Crippen LogP contribution in [0.3, 0.4) is 0 Å². The Balaban J connectivity index is 0.000000197. The van der Waals surface area contributed by atoms with E-state index in [1.807, 2.05) is 105 Å². The number of aromatic nitrogens is 6. The SMILES string of the molecule is C#[C][Sn]([CH2]CCC)([CH2]CCC)[CH2]CCC.[C-]#[N+]c1cnc(N)nc1N[C@@H](C)c1cc2cccc(C#C)c2c(=O)n1-c1ccccc1.[C-]#[N+]c1cnc(N)nc1N[C@@H](C)c1cc2cccc(Cl)c2c(=O)n1-c1ccccc1. The van der Waals surface area contributed by atoms with E-state index in [0.717, 1.165) is 10.8 Å². The van der Waals surface area contributed by atoms with Gasteiger partial charge >= 0.3 is 101 Å². The first kappa shape index (κ1) is 57.1. The van der Waals surface area contributed by atoms with Crippen LogP contribution in [0, 0.1) is 35.8 Å². The summed E-state index contributed by atoms with van der Waals surface area (Å²) >= 11 is 4.26. The fourth-order valence-electron chi connectivity index (χ4n) is 9.02. The van der Waals surface area contributed by atoms with Gasteiger partial charge in [0.1, 0.15) is 11.6 Å². The number of unbranched alkanes of at least 4 members (excludes halogenated alkanes) is 3. The number of nitrogen functional groups attached to an aromatic ring is 2. The fraction of sp³-hybridized carbons (Fsp3) is 0.267. The summed E-state index contributed by atoms with van der Waals surface area (Å²) in [6.45, 7) is 25.3. The Bertz CT molecular complexity index is 3570. The van der Waals surface area contributed by atoms with Crippen molar-refractivity contribution < 1.29 is 0 Å². The molecule has 8 aromatic rings. The van der Waals surface area contributed by atoms with Gasteiger partial charge in [-0.3, -0.25) is 18.7 Å². The van der Waals surface area contributed by atoms with Crippen molar-refractivity contribution in [2.45, 2.75) is 98.5 Å². The molecule has 0 bridgehead atoms. The molecular weight excluding hydrogens is 1070 g/mol. The van der Waals surface area contributed by atoms with E-state index in [9.17, 15) is 9.59 Å². The number of fused-ring (bicyclic) bond motifs is 2. The molecule has 0 radical (unpaired) electrons. The number of benzene rings is 4. The van der Waals surface area contributed by atoms with Crippen molar-refractivity contribution in [1.29, 1.82) is 0 Å². The van der Waals surface area contributed by atoms with E-state index in [1.165, 1.54) is 64.2 Å². The summed E-state index contributed by atoms with van der Waals surface area (Å²) in [6.07, 6.45) is 22.4. The number of terminal acetylenes is 2. The summed E-state index contributed by atoms with van der Waals surface area (Å²) in [6, 6.07) is 32.5. The zero-order chi connectivity index (χ0) is 54.8. The van der Waals surface area contributed by atoms with Crippen molar-refractivity contribution in [2.24, 2.45) is 0 Å². The number of pyridine rings is 2. The zero-order valence-corrected chi connectivity index (χ0v) is 47.3. The van der Waals surface area contributed by atoms with Crippen LogP contribution in [-0.2, 0) is 0 Å². The van der Waals surface area contributed by atoms with Crippen LogP contribution in [0.5, 0.6) is 0 Å². The number of anilines is 4. The maximum Gasteiger partial charge on any atom is 0.264 e. The number of halogens is 1. The average Bonchev–Trinajstić information content (AvgIpc) is 3.45. The van der Waals surface area contributed by atoms with Gasteiger partial charge in [0.25, 0.3) is 11.1 Å². The van der Waals surface area contributed by atoms with Gasteiger partial charge in [-0.2, -0.15) is 0 Å². The van der Waals surface area contributed by atoms with Crippen molar-refractivity contribution >= 4 is 86.4 Å². The van der Waals surface area contributed by atoms with Crippen molar-refractivity contribution in [3.8, 4) is 34.1 Å². The topological polar surface area (TPSA) is 180 Å². The van der Waals surface area contributed by atoms with Crippen LogP contribution in [0.15, 0.2) is 131 Å². The molecule has 0 amide bonds. The number of hydrogen-bond acceptors (Lipinski definition) is 10. The molecule has 4 aromatic carbocycles. The summed E-state index contributed by atoms with van der Waals surface area (Å²) < 4.78 is 10.9. The van der Waals surface area contributed by atoms with Crippen LogP contribution < -0.4 is 33.2 Å². The minimum Gasteiger partial charge on any atom is -0.371 e. The van der Waals surface area contributed by atoms with E-state index in [1.54, 1.807) is 27.3 Å². The van der Waals surface area contributed by atoms with E-state index in [-0.39, 0.29) is 46.5 Å². The number of nitrogens with two attached hydrogens (primary N) is 2. The molecule has 76 heavy (non-hydrogen) atoms. The Morgan fingerprint density at radius 3 is 1.47 bits per heavy atom. The smallest absolute Gasteiger partial charge is 0.264 e. The van der Waals surface area contributed by atoms with Crippen LogP contribution in [0.2, 0.25) is 18.3 Å². The number of rotatable bonds is 17. The van der Waals surface area contributed by atoms with Gasteiger partial charge in [0.05, 0.1) is 41.0 Å². The summed E-state index contributed by atoms with van der Waals surface area (Å²) in [5, 5.41) is 9.21. The molecule has 14 nitrogen and oxygen atoms in total. The quantitative estimate of drug-likeness (QED) is 0.0389. The minimum atomic E-state index is -2.09. The second kappa shape index (κ2) is 27.4. The summed E-state index contributed by atoms with van der Waals surface area (Å²) in [4.78, 5) is 50.0. The number of hydrogen-bond donors (Lipinski definition) is 4. The van der Waals surface area contributed by atoms with Crippen molar-refractivity contribution in [3.63, 3.8) is 0 Å². The Hall–Kier alpha value is -8.15. The Labute approximate surface area is 454 Å². The maximum absolute atomic E-state index is 13.6. The second-order valence-corrected chi connectivity index (χ2v) is 31.1. The van der Waals surface area contributed by atoms with E-state index in [2.05, 4.69) is 70.9 Å². The third-order valence-corrected chi connectivity index (χ3v) is 26.3. The van der Waals surface area contributed by atoms with Crippen molar-refractivity contribution in [2.75, 3.05) is 22.1 Å². The van der Waals surface area contributed by atoms with E-state index in [0.29, 0.717) is 55.8 Å². The van der Waals surface area contributed by atoms with E-state index in [4.69, 9.17) is 49.1 Å². The average molecular weight is 1140 g/mol. The molecule has 16 heteroatoms. The van der Waals surface area contributed by atoms with Gasteiger partial charge in [0.2, 0.25) is 23.3 Å². The number of nitrogens with zero attached hydrogens (tertiary/aromatic N) is 8. The van der Waals surface area contributed by atoms with Crippen LogP contribution >= 0.6 is 11.6 Å². The molecule has 4 heterocycles. The minimum absolute atomic E-state index is 0.0553. The summed E-state index contributed by atoms with van der Waals surface area (Å²) in [5.41, 5.74) is 14.8. The fourth-order valence-corrected chi connectivity index (χ4v) is 21.5. The normalized spacial score (nSPS) is 11.6. The van der Waals surface area contributed by atoms with Crippen LogP contribution in [0.25, 0.3) is 42.6 Å². The number of para-hydroxylation sites is 2. The van der Waals surface area contributed by atoms with Crippen LogP contribution in [0.1, 0.15) is 102 Å². The van der Waals surface area contributed by atoms with Crippen molar-refractivity contribution in [3.05, 3.63) is 187 Å². The van der Waals surface area contributed by atoms with Gasteiger partial charge in [-0.15, -0.1) is 6.42 Å². The Kier molecular flexibility index (Phi) is 20.6. The molecule has 4 aromatic heterocycles. The molecule has 0 unspecified atom stereocenters. The van der Waals surface area contributed by atoms with Crippen LogP contribution in [-0.4, -0.2) is 47.4 Å². The van der Waals surface area contributed by atoms with Gasteiger partial charge < -0.3 is 22.1 Å². The monoisotopic (exact) mass is 1140 g/mol. The zero-order valence-electron chi connectivity index (χ0n) is 43.6. The van der Waals surface area contributed by atoms with Gasteiger partial charge in [-0.25, -0.2) is 29.6 Å². The molecule has 0 aliphatic carbocycles. The molecule has 2 atom stereocenters. The van der Waals surface area contributed by atoms with Crippen LogP contribution in [0.4, 0.5) is 34.9 Å². The molecule has 386 valence electrons. The first-order valence-corrected chi connectivity index (χ1v) is 33.2. The van der Waals surface area contributed by atoms with E-state index < -0.39 is 18.4 Å². The summed E-state index contributed by atoms with van der Waals surface area (Å²) in [5.74, 6) is 3.33. The molecule has 0 aliphatic heterocycles. The Morgan fingerprint density at radius 2 is 1.07 bits per heavy atom. The molecule has 8 rings (SSSR count). The largest absolute Gasteiger partial charge is 0.371 e. The van der Waals surface area contributed by atoms with Gasteiger partial charge in [0.15, 0.2) is 0 Å². The summed E-state index contributed by atoms with van der Waals surface area (Å²) in [7, 11) is 0. The molecule has 0 saturated carbocycles. The number of nitrogens with one attached hydrogen (secondary N) is 2. The molecule has 0 aliphatic rings. The third kappa shape index (κ3) is 13.8. The third-order valence-electron chi connectivity index (χ3n) is 13.0. The molecule has 0 saturated heterocycles. The predicted molar refractivity (Wildman–Crippen MR) is 315 cm³/mol. The molecular formula is C60H63ClN12O2Sn. The predicted octanol–water partition coefficient (Wildman–Crippen LogP) is 13.8. The molecule has 0 spiro atoms. The molecule has 0 fully saturated rings. The standard InChI is InChI=1S/C24H18N6O.C22H17ClN6O.3C4H9.C2H.Sn/c1-4-16-9-8-10-17-13-20(15(2)28-22-19(26-3)14-27-24(25)29-22)30(23(31)21(16)17)18-11-6-5-7-12-18;1-13(27-20-17(25-2)12-26-22(24)28-20)18-11-14-7-6-10-16(23)19(14)21(30)29(18)15-8-4-3-5-9-15;3*1-3-4-2;1-2;/h1,5-15H,2H3,(H3,25,27,28,29);3-13H,1H3,(H3,24,26,27,28);3*1,3-4H2,2H3;1H;/t15-;13-;;;;;/m00...../s1.